The summed E-state index contributed by atoms with van der Waals surface area (Å²) in [5, 5.41) is 3.64. The van der Waals surface area contributed by atoms with Crippen LogP contribution in [0.2, 0.25) is 0 Å². The van der Waals surface area contributed by atoms with Crippen molar-refractivity contribution in [2.24, 2.45) is 0 Å². The van der Waals surface area contributed by atoms with Crippen molar-refractivity contribution in [3.8, 4) is 0 Å². The van der Waals surface area contributed by atoms with Gasteiger partial charge in [-0.15, -0.1) is 0 Å². The quantitative estimate of drug-likeness (QED) is 0.660. The molecular weight excluding hydrogens is 356 g/mol. The summed E-state index contributed by atoms with van der Waals surface area (Å²) in [4.78, 5) is -0.429. The van der Waals surface area contributed by atoms with Gasteiger partial charge in [-0.2, -0.15) is 15.6 Å². The van der Waals surface area contributed by atoms with Gasteiger partial charge in [0.1, 0.15) is 17.4 Å². The van der Waals surface area contributed by atoms with E-state index in [1.807, 2.05) is 10.8 Å². The number of nitrogens with zero attached hydrogens (tertiary/aromatic N) is 1. The summed E-state index contributed by atoms with van der Waals surface area (Å²) in [6, 6.07) is 7.33. The predicted octanol–water partition coefficient (Wildman–Crippen LogP) is 4.01. The molecule has 3 aromatic rings. The molecule has 24 heavy (non-hydrogen) atoms. The zero-order chi connectivity index (χ0) is 17.2. The highest BCUT2D eigenvalue weighted by Gasteiger charge is 2.27. The van der Waals surface area contributed by atoms with E-state index in [2.05, 4.69) is 0 Å². The van der Waals surface area contributed by atoms with Crippen molar-refractivity contribution in [1.82, 2.24) is 4.31 Å². The third-order valence-corrected chi connectivity index (χ3v) is 5.83. The van der Waals surface area contributed by atoms with Crippen LogP contribution < -0.4 is 0 Å². The van der Waals surface area contributed by atoms with E-state index in [0.29, 0.717) is 11.8 Å². The summed E-state index contributed by atoms with van der Waals surface area (Å²) in [7, 11) is -4.10. The lowest BCUT2D eigenvalue weighted by molar-refractivity contribution is 0.358. The van der Waals surface area contributed by atoms with E-state index >= 15 is 0 Å². The molecule has 8 heteroatoms. The zero-order valence-electron chi connectivity index (χ0n) is 12.4. The maximum atomic E-state index is 13.4. The van der Waals surface area contributed by atoms with Crippen molar-refractivity contribution in [3.05, 3.63) is 76.4 Å². The van der Waals surface area contributed by atoms with E-state index in [1.54, 1.807) is 18.2 Å². The molecule has 0 N–H and O–H groups in total. The van der Waals surface area contributed by atoms with Crippen LogP contribution in [-0.4, -0.2) is 12.7 Å². The number of furan rings is 1. The molecule has 0 aliphatic carbocycles. The van der Waals surface area contributed by atoms with Gasteiger partial charge in [0.2, 0.25) is 10.0 Å². The predicted molar refractivity (Wildman–Crippen MR) is 85.8 cm³/mol. The number of rotatable bonds is 6. The van der Waals surface area contributed by atoms with Crippen LogP contribution in [0, 0.1) is 11.6 Å². The van der Waals surface area contributed by atoms with E-state index < -0.39 is 26.6 Å². The molecule has 0 saturated carbocycles. The summed E-state index contributed by atoms with van der Waals surface area (Å²) >= 11 is 1.44. The summed E-state index contributed by atoms with van der Waals surface area (Å²) in [5.74, 6) is -1.45. The van der Waals surface area contributed by atoms with Crippen LogP contribution in [0.25, 0.3) is 0 Å². The van der Waals surface area contributed by atoms with Crippen molar-refractivity contribution in [2.75, 3.05) is 0 Å². The van der Waals surface area contributed by atoms with Crippen molar-refractivity contribution < 1.29 is 21.6 Å². The number of sulfonamides is 1. The minimum atomic E-state index is -4.10. The van der Waals surface area contributed by atoms with Crippen LogP contribution in [0.3, 0.4) is 0 Å². The standard InChI is InChI=1S/C16H13F2NO3S2/c17-13-6-14(18)8-16(7-13)24(20,21)19(9-12-3-5-23-11-12)10-15-2-1-4-22-15/h1-8,11H,9-10H2. The fourth-order valence-corrected chi connectivity index (χ4v) is 4.31. The maximum absolute atomic E-state index is 13.4. The smallest absolute Gasteiger partial charge is 0.244 e. The fourth-order valence-electron chi connectivity index (χ4n) is 2.22. The van der Waals surface area contributed by atoms with Gasteiger partial charge in [-0.25, -0.2) is 17.2 Å². The van der Waals surface area contributed by atoms with Crippen LogP contribution in [0.5, 0.6) is 0 Å². The van der Waals surface area contributed by atoms with Crippen molar-refractivity contribution in [2.45, 2.75) is 18.0 Å². The molecule has 0 bridgehead atoms. The molecule has 2 heterocycles. The second-order valence-electron chi connectivity index (χ2n) is 5.09. The largest absolute Gasteiger partial charge is 0.468 e. The molecule has 0 spiro atoms. The van der Waals surface area contributed by atoms with Crippen LogP contribution in [0.1, 0.15) is 11.3 Å². The van der Waals surface area contributed by atoms with Crippen molar-refractivity contribution >= 4 is 21.4 Å². The number of hydrogen-bond acceptors (Lipinski definition) is 4. The molecule has 0 radical (unpaired) electrons. The lowest BCUT2D eigenvalue weighted by Crippen LogP contribution is -2.30. The second kappa shape index (κ2) is 6.84. The maximum Gasteiger partial charge on any atom is 0.244 e. The Balaban J connectivity index is 1.98. The molecule has 0 saturated heterocycles. The topological polar surface area (TPSA) is 50.5 Å². The average Bonchev–Trinajstić information content (AvgIpc) is 3.19. The third-order valence-electron chi connectivity index (χ3n) is 3.33. The van der Waals surface area contributed by atoms with Gasteiger partial charge in [0.25, 0.3) is 0 Å². The summed E-state index contributed by atoms with van der Waals surface area (Å²) in [5.41, 5.74) is 0.784. The van der Waals surface area contributed by atoms with Gasteiger partial charge in [0.15, 0.2) is 0 Å². The Labute approximate surface area is 142 Å². The molecule has 0 fully saturated rings. The van der Waals surface area contributed by atoms with Gasteiger partial charge >= 0.3 is 0 Å². The van der Waals surface area contributed by atoms with E-state index in [0.717, 1.165) is 22.0 Å². The molecule has 0 amide bonds. The number of benzene rings is 1. The summed E-state index contributed by atoms with van der Waals surface area (Å²) < 4.78 is 58.9. The molecular formula is C16H13F2NO3S2. The first-order chi connectivity index (χ1) is 11.4. The lowest BCUT2D eigenvalue weighted by Gasteiger charge is -2.21. The first kappa shape index (κ1) is 16.8. The van der Waals surface area contributed by atoms with Gasteiger partial charge < -0.3 is 4.42 Å². The van der Waals surface area contributed by atoms with Gasteiger partial charge in [-0.05, 0) is 46.7 Å². The van der Waals surface area contributed by atoms with Crippen molar-refractivity contribution in [1.29, 1.82) is 0 Å². The Bertz CT molecular complexity index is 850. The van der Waals surface area contributed by atoms with Gasteiger partial charge in [0.05, 0.1) is 17.7 Å². The molecule has 0 aliphatic heterocycles. The third kappa shape index (κ3) is 3.72. The van der Waals surface area contributed by atoms with Gasteiger partial charge in [-0.3, -0.25) is 0 Å². The highest BCUT2D eigenvalue weighted by molar-refractivity contribution is 7.89. The van der Waals surface area contributed by atoms with Gasteiger partial charge in [-0.1, -0.05) is 0 Å². The minimum absolute atomic E-state index is 0.0384. The first-order valence-corrected chi connectivity index (χ1v) is 9.33. The molecule has 3 rings (SSSR count). The second-order valence-corrected chi connectivity index (χ2v) is 7.81. The average molecular weight is 369 g/mol. The Morgan fingerprint density at radius 1 is 1.08 bits per heavy atom. The Morgan fingerprint density at radius 2 is 1.83 bits per heavy atom. The molecule has 0 aliphatic rings. The SMILES string of the molecule is O=S(=O)(c1cc(F)cc(F)c1)N(Cc1ccsc1)Cc1ccco1. The number of hydrogen-bond donors (Lipinski definition) is 0. The van der Waals surface area contributed by atoms with E-state index in [1.165, 1.54) is 17.6 Å². The zero-order valence-corrected chi connectivity index (χ0v) is 14.0. The summed E-state index contributed by atoms with van der Waals surface area (Å²) in [6.45, 7) is 0.0357. The highest BCUT2D eigenvalue weighted by Crippen LogP contribution is 2.23. The monoisotopic (exact) mass is 369 g/mol. The summed E-state index contributed by atoms with van der Waals surface area (Å²) in [6.07, 6.45) is 1.44. The number of thiophene rings is 1. The van der Waals surface area contributed by atoms with E-state index in [4.69, 9.17) is 4.42 Å². The van der Waals surface area contributed by atoms with Crippen LogP contribution in [-0.2, 0) is 23.1 Å². The first-order valence-electron chi connectivity index (χ1n) is 6.95. The molecule has 126 valence electrons. The fraction of sp³-hybridized carbons (Fsp3) is 0.125. The van der Waals surface area contributed by atoms with Crippen molar-refractivity contribution in [3.63, 3.8) is 0 Å². The van der Waals surface area contributed by atoms with E-state index in [9.17, 15) is 17.2 Å². The number of halogens is 2. The molecule has 4 nitrogen and oxygen atoms in total. The Kier molecular flexibility index (Phi) is 4.79. The molecule has 1 aromatic carbocycles. The van der Waals surface area contributed by atoms with Crippen LogP contribution in [0.15, 0.2) is 62.7 Å². The minimum Gasteiger partial charge on any atom is -0.468 e. The Morgan fingerprint density at radius 3 is 2.42 bits per heavy atom. The van der Waals surface area contributed by atoms with E-state index in [-0.39, 0.29) is 13.1 Å². The Hall–Kier alpha value is -2.03. The normalized spacial score (nSPS) is 12.0. The lowest BCUT2D eigenvalue weighted by atomic mass is 10.3. The van der Waals surface area contributed by atoms with Crippen LogP contribution >= 0.6 is 11.3 Å². The molecule has 2 aromatic heterocycles. The molecule has 0 atom stereocenters. The van der Waals surface area contributed by atoms with Crippen LogP contribution in [0.4, 0.5) is 8.78 Å². The molecule has 0 unspecified atom stereocenters. The highest BCUT2D eigenvalue weighted by atomic mass is 32.2. The van der Waals surface area contributed by atoms with Gasteiger partial charge in [0, 0.05) is 12.6 Å².